The molecule has 1 aromatic carbocycles. The van der Waals surface area contributed by atoms with Gasteiger partial charge in [-0.3, -0.25) is 0 Å². The summed E-state index contributed by atoms with van der Waals surface area (Å²) in [5, 5.41) is 1.65. The summed E-state index contributed by atoms with van der Waals surface area (Å²) >= 11 is 1.48. The zero-order valence-electron chi connectivity index (χ0n) is 16.7. The first kappa shape index (κ1) is 19.6. The van der Waals surface area contributed by atoms with E-state index in [9.17, 15) is 0 Å². The predicted molar refractivity (Wildman–Crippen MR) is 114 cm³/mol. The Morgan fingerprint density at radius 3 is 2.66 bits per heavy atom. The third kappa shape index (κ3) is 4.83. The van der Waals surface area contributed by atoms with Crippen LogP contribution in [0, 0.1) is 0 Å². The molecule has 1 aliphatic heterocycles. The Labute approximate surface area is 175 Å². The molecule has 0 aliphatic carbocycles. The summed E-state index contributed by atoms with van der Waals surface area (Å²) < 4.78 is 11.5. The van der Waals surface area contributed by atoms with Crippen molar-refractivity contribution in [2.75, 3.05) is 45.2 Å². The first-order valence-electron chi connectivity index (χ1n) is 9.59. The molecule has 8 heteroatoms. The van der Waals surface area contributed by atoms with Crippen LogP contribution in [0.4, 0.5) is 5.82 Å². The van der Waals surface area contributed by atoms with Gasteiger partial charge in [-0.1, -0.05) is 30.3 Å². The molecule has 2 aromatic heterocycles. The topological polar surface area (TPSA) is 66.5 Å². The van der Waals surface area contributed by atoms with E-state index >= 15 is 0 Å². The lowest BCUT2D eigenvalue weighted by Gasteiger charge is -2.33. The summed E-state index contributed by atoms with van der Waals surface area (Å²) in [7, 11) is 3.79. The quantitative estimate of drug-likeness (QED) is 0.640. The van der Waals surface area contributed by atoms with Crippen LogP contribution in [-0.4, -0.2) is 60.2 Å². The molecule has 1 aliphatic rings. The average Bonchev–Trinajstić information content (AvgIpc) is 3.21. The molecule has 0 atom stereocenters. The zero-order valence-corrected chi connectivity index (χ0v) is 17.5. The minimum atomic E-state index is 0.455. The van der Waals surface area contributed by atoms with Crippen LogP contribution in [-0.2, 0) is 6.61 Å². The van der Waals surface area contributed by atoms with E-state index in [-0.39, 0.29) is 0 Å². The molecular weight excluding hydrogens is 386 g/mol. The van der Waals surface area contributed by atoms with Crippen molar-refractivity contribution in [1.82, 2.24) is 19.9 Å². The largest absolute Gasteiger partial charge is 0.494 e. The van der Waals surface area contributed by atoms with Crippen molar-refractivity contribution in [2.24, 2.45) is 0 Å². The number of ether oxygens (including phenoxy) is 2. The van der Waals surface area contributed by atoms with E-state index in [1.165, 1.54) is 11.8 Å². The summed E-state index contributed by atoms with van der Waals surface area (Å²) in [6.07, 6.45) is 3.65. The number of anilines is 1. The number of piperazine rings is 1. The average molecular weight is 412 g/mol. The van der Waals surface area contributed by atoms with E-state index in [2.05, 4.69) is 21.8 Å². The highest BCUT2D eigenvalue weighted by molar-refractivity contribution is 7.99. The Morgan fingerprint density at radius 1 is 1.10 bits per heavy atom. The molecule has 0 bridgehead atoms. The van der Waals surface area contributed by atoms with Crippen LogP contribution >= 0.6 is 11.8 Å². The SMILES string of the molecule is COc1cc[nH]c1Sc1cnc(N2CCN(C)CC2)c(OCc2ccccc2)n1. The maximum absolute atomic E-state index is 6.14. The van der Waals surface area contributed by atoms with Crippen molar-refractivity contribution < 1.29 is 9.47 Å². The molecule has 3 heterocycles. The molecule has 1 N–H and O–H groups in total. The second kappa shape index (κ2) is 9.19. The lowest BCUT2D eigenvalue weighted by atomic mass is 10.2. The van der Waals surface area contributed by atoms with Gasteiger partial charge in [-0.25, -0.2) is 9.97 Å². The smallest absolute Gasteiger partial charge is 0.259 e. The summed E-state index contributed by atoms with van der Waals surface area (Å²) in [5.74, 6) is 2.15. The van der Waals surface area contributed by atoms with Gasteiger partial charge in [0.15, 0.2) is 11.6 Å². The van der Waals surface area contributed by atoms with Crippen molar-refractivity contribution in [2.45, 2.75) is 16.7 Å². The normalized spacial score (nSPS) is 14.8. The van der Waals surface area contributed by atoms with Gasteiger partial charge in [-0.15, -0.1) is 0 Å². The molecule has 0 saturated carbocycles. The van der Waals surface area contributed by atoms with E-state index in [4.69, 9.17) is 19.4 Å². The van der Waals surface area contributed by atoms with Gasteiger partial charge in [0, 0.05) is 32.4 Å². The van der Waals surface area contributed by atoms with Crippen LogP contribution in [0.25, 0.3) is 0 Å². The Morgan fingerprint density at radius 2 is 1.90 bits per heavy atom. The summed E-state index contributed by atoms with van der Waals surface area (Å²) in [6, 6.07) is 12.0. The fourth-order valence-corrected chi connectivity index (χ4v) is 3.96. The van der Waals surface area contributed by atoms with Crippen LogP contribution in [0.1, 0.15) is 5.56 Å². The number of nitrogens with one attached hydrogen (secondary N) is 1. The zero-order chi connectivity index (χ0) is 20.1. The summed E-state index contributed by atoms with van der Waals surface area (Å²) in [5.41, 5.74) is 1.10. The number of benzene rings is 1. The molecule has 3 aromatic rings. The van der Waals surface area contributed by atoms with Gasteiger partial charge in [0.05, 0.1) is 13.3 Å². The molecule has 0 spiro atoms. The molecule has 152 valence electrons. The maximum Gasteiger partial charge on any atom is 0.259 e. The highest BCUT2D eigenvalue weighted by Crippen LogP contribution is 2.35. The lowest BCUT2D eigenvalue weighted by molar-refractivity contribution is 0.283. The second-order valence-electron chi connectivity index (χ2n) is 6.88. The van der Waals surface area contributed by atoms with Crippen LogP contribution in [0.5, 0.6) is 11.6 Å². The number of aromatic nitrogens is 3. The highest BCUT2D eigenvalue weighted by atomic mass is 32.2. The van der Waals surface area contributed by atoms with Crippen molar-refractivity contribution >= 4 is 17.6 Å². The van der Waals surface area contributed by atoms with Crippen LogP contribution in [0.2, 0.25) is 0 Å². The lowest BCUT2D eigenvalue weighted by Crippen LogP contribution is -2.45. The van der Waals surface area contributed by atoms with E-state index in [1.54, 1.807) is 13.3 Å². The molecular formula is C21H25N5O2S. The van der Waals surface area contributed by atoms with Crippen LogP contribution in [0.15, 0.2) is 58.8 Å². The van der Waals surface area contributed by atoms with Gasteiger partial charge in [0.25, 0.3) is 5.88 Å². The van der Waals surface area contributed by atoms with E-state index in [1.807, 2.05) is 42.6 Å². The number of aromatic amines is 1. The fourth-order valence-electron chi connectivity index (χ4n) is 3.14. The molecule has 0 radical (unpaired) electrons. The number of H-pyrrole nitrogens is 1. The van der Waals surface area contributed by atoms with Gasteiger partial charge < -0.3 is 24.3 Å². The number of hydrogen-bond acceptors (Lipinski definition) is 7. The molecule has 7 nitrogen and oxygen atoms in total. The van der Waals surface area contributed by atoms with Crippen LogP contribution in [0.3, 0.4) is 0 Å². The molecule has 1 saturated heterocycles. The number of hydrogen-bond donors (Lipinski definition) is 1. The minimum Gasteiger partial charge on any atom is -0.494 e. The van der Waals surface area contributed by atoms with Crippen molar-refractivity contribution in [1.29, 1.82) is 0 Å². The molecule has 4 rings (SSSR count). The first-order chi connectivity index (χ1) is 14.2. The van der Waals surface area contributed by atoms with Crippen molar-refractivity contribution in [3.8, 4) is 11.6 Å². The second-order valence-corrected chi connectivity index (χ2v) is 7.91. The highest BCUT2D eigenvalue weighted by Gasteiger charge is 2.21. The first-order valence-corrected chi connectivity index (χ1v) is 10.4. The molecule has 0 amide bonds. The molecule has 1 fully saturated rings. The third-order valence-electron chi connectivity index (χ3n) is 4.82. The minimum absolute atomic E-state index is 0.455. The summed E-state index contributed by atoms with van der Waals surface area (Å²) in [4.78, 5) is 17.2. The van der Waals surface area contributed by atoms with Crippen LogP contribution < -0.4 is 14.4 Å². The monoisotopic (exact) mass is 411 g/mol. The Balaban J connectivity index is 1.58. The number of methoxy groups -OCH3 is 1. The van der Waals surface area contributed by atoms with Crippen molar-refractivity contribution in [3.05, 3.63) is 54.4 Å². The van der Waals surface area contributed by atoms with Gasteiger partial charge in [-0.2, -0.15) is 0 Å². The van der Waals surface area contributed by atoms with E-state index in [0.717, 1.165) is 53.4 Å². The number of nitrogens with zero attached hydrogens (tertiary/aromatic N) is 4. The maximum atomic E-state index is 6.14. The molecule has 29 heavy (non-hydrogen) atoms. The Kier molecular flexibility index (Phi) is 6.21. The molecule has 0 unspecified atom stereocenters. The summed E-state index contributed by atoms with van der Waals surface area (Å²) in [6.45, 7) is 4.26. The van der Waals surface area contributed by atoms with E-state index < -0.39 is 0 Å². The Bertz CT molecular complexity index is 926. The van der Waals surface area contributed by atoms with Gasteiger partial charge in [0.1, 0.15) is 16.7 Å². The Hall–Kier alpha value is -2.71. The third-order valence-corrected chi connectivity index (χ3v) is 5.75. The van der Waals surface area contributed by atoms with E-state index in [0.29, 0.717) is 12.5 Å². The van der Waals surface area contributed by atoms with Gasteiger partial charge >= 0.3 is 0 Å². The predicted octanol–water partition coefficient (Wildman–Crippen LogP) is 3.30. The number of likely N-dealkylation sites (N-methyl/N-ethyl adjacent to an activating group) is 1. The standard InChI is InChI=1S/C21H25N5O2S/c1-25-10-12-26(13-11-25)19-20(28-15-16-6-4-3-5-7-16)24-18(14-23-19)29-21-17(27-2)8-9-22-21/h3-9,14,22H,10-13,15H2,1-2H3. The van der Waals surface area contributed by atoms with Crippen molar-refractivity contribution in [3.63, 3.8) is 0 Å². The van der Waals surface area contributed by atoms with Gasteiger partial charge in [0.2, 0.25) is 0 Å². The van der Waals surface area contributed by atoms with Gasteiger partial charge in [-0.05, 0) is 30.4 Å². The number of rotatable bonds is 7. The fraction of sp³-hybridized carbons (Fsp3) is 0.333.